The average Bonchev–Trinajstić information content (AvgIpc) is 2.68. The molecule has 3 heteroatoms. The minimum absolute atomic E-state index is 0.101. The molecular weight excluding hydrogens is 320 g/mol. The van der Waals surface area contributed by atoms with E-state index in [0.29, 0.717) is 0 Å². The summed E-state index contributed by atoms with van der Waals surface area (Å²) < 4.78 is 0. The Morgan fingerprint density at radius 3 is 2.08 bits per heavy atom. The Morgan fingerprint density at radius 2 is 1.50 bits per heavy atom. The van der Waals surface area contributed by atoms with Crippen molar-refractivity contribution in [2.24, 2.45) is 0 Å². The molecule has 3 rings (SSSR count). The third-order valence-corrected chi connectivity index (χ3v) is 4.27. The molecule has 0 aliphatic carbocycles. The van der Waals surface area contributed by atoms with Crippen LogP contribution < -0.4 is 4.90 Å². The number of nitrogens with zero attached hydrogens (tertiary/aromatic N) is 2. The molecule has 0 saturated heterocycles. The molecule has 26 heavy (non-hydrogen) atoms. The molecule has 1 amide bonds. The molecular formula is C23H20N2O. The second kappa shape index (κ2) is 8.13. The maximum atomic E-state index is 13.1. The predicted molar refractivity (Wildman–Crippen MR) is 104 cm³/mol. The van der Waals surface area contributed by atoms with E-state index in [9.17, 15) is 10.1 Å². The van der Waals surface area contributed by atoms with E-state index < -0.39 is 6.04 Å². The van der Waals surface area contributed by atoms with Crippen molar-refractivity contribution in [1.29, 1.82) is 5.26 Å². The summed E-state index contributed by atoms with van der Waals surface area (Å²) in [4.78, 5) is 14.7. The molecule has 0 N–H and O–H groups in total. The number of amides is 1. The van der Waals surface area contributed by atoms with Crippen LogP contribution in [0.4, 0.5) is 5.69 Å². The van der Waals surface area contributed by atoms with Crippen molar-refractivity contribution in [2.75, 3.05) is 4.90 Å². The van der Waals surface area contributed by atoms with Crippen molar-refractivity contribution >= 4 is 11.6 Å². The molecule has 3 aromatic carbocycles. The summed E-state index contributed by atoms with van der Waals surface area (Å²) in [6.07, 6.45) is 0.250. The van der Waals surface area contributed by atoms with Crippen LogP contribution in [0.15, 0.2) is 84.9 Å². The number of hydrogen-bond donors (Lipinski definition) is 0. The van der Waals surface area contributed by atoms with Crippen LogP contribution in [0, 0.1) is 18.3 Å². The zero-order valence-electron chi connectivity index (χ0n) is 14.7. The monoisotopic (exact) mass is 340 g/mol. The summed E-state index contributed by atoms with van der Waals surface area (Å²) in [5.74, 6) is -0.101. The lowest BCUT2D eigenvalue weighted by Gasteiger charge is -2.28. The Labute approximate surface area is 154 Å². The first kappa shape index (κ1) is 17.4. The van der Waals surface area contributed by atoms with Gasteiger partial charge in [-0.15, -0.1) is 0 Å². The number of benzene rings is 3. The number of rotatable bonds is 5. The zero-order chi connectivity index (χ0) is 18.4. The van der Waals surface area contributed by atoms with Crippen LogP contribution >= 0.6 is 0 Å². The van der Waals surface area contributed by atoms with Crippen LogP contribution in [-0.4, -0.2) is 5.91 Å². The van der Waals surface area contributed by atoms with Gasteiger partial charge in [0.1, 0.15) is 6.04 Å². The molecule has 0 aromatic heterocycles. The maximum absolute atomic E-state index is 13.1. The van der Waals surface area contributed by atoms with E-state index in [0.717, 1.165) is 22.4 Å². The number of aryl methyl sites for hydroxylation is 1. The van der Waals surface area contributed by atoms with Gasteiger partial charge in [-0.05, 0) is 30.2 Å². The normalized spacial score (nSPS) is 11.4. The second-order valence-electron chi connectivity index (χ2n) is 6.20. The van der Waals surface area contributed by atoms with Gasteiger partial charge in [0.15, 0.2) is 0 Å². The van der Waals surface area contributed by atoms with Gasteiger partial charge in [0.25, 0.3) is 0 Å². The van der Waals surface area contributed by atoms with Gasteiger partial charge in [0, 0.05) is 5.69 Å². The first-order valence-corrected chi connectivity index (χ1v) is 8.56. The molecule has 0 saturated carbocycles. The van der Waals surface area contributed by atoms with Crippen LogP contribution in [-0.2, 0) is 11.2 Å². The Kier molecular flexibility index (Phi) is 5.46. The highest BCUT2D eigenvalue weighted by Gasteiger charge is 2.26. The number of carbonyl (C=O) groups excluding carboxylic acids is 1. The Hall–Kier alpha value is -3.38. The zero-order valence-corrected chi connectivity index (χ0v) is 14.7. The Morgan fingerprint density at radius 1 is 0.923 bits per heavy atom. The minimum Gasteiger partial charge on any atom is -0.291 e. The van der Waals surface area contributed by atoms with Gasteiger partial charge in [-0.1, -0.05) is 78.4 Å². The van der Waals surface area contributed by atoms with Crippen LogP contribution in [0.3, 0.4) is 0 Å². The highest BCUT2D eigenvalue weighted by molar-refractivity contribution is 5.96. The summed E-state index contributed by atoms with van der Waals surface area (Å²) in [5.41, 5.74) is 3.57. The van der Waals surface area contributed by atoms with Crippen molar-refractivity contribution in [3.8, 4) is 6.07 Å². The molecule has 0 radical (unpaired) electrons. The molecule has 0 fully saturated rings. The molecule has 128 valence electrons. The van der Waals surface area contributed by atoms with Gasteiger partial charge in [0.2, 0.25) is 5.91 Å². The van der Waals surface area contributed by atoms with Crippen LogP contribution in [0.2, 0.25) is 0 Å². The quantitative estimate of drug-likeness (QED) is 0.667. The molecule has 3 aromatic rings. The molecule has 0 spiro atoms. The smallest absolute Gasteiger partial charge is 0.232 e. The Balaban J connectivity index is 2.00. The van der Waals surface area contributed by atoms with Gasteiger partial charge in [-0.25, -0.2) is 0 Å². The molecule has 0 aliphatic rings. The van der Waals surface area contributed by atoms with Crippen molar-refractivity contribution in [2.45, 2.75) is 19.4 Å². The van der Waals surface area contributed by atoms with Crippen LogP contribution in [0.5, 0.6) is 0 Å². The molecule has 1 atom stereocenters. The summed E-state index contributed by atoms with van der Waals surface area (Å²) in [5, 5.41) is 9.84. The molecule has 3 nitrogen and oxygen atoms in total. The number of carbonyl (C=O) groups is 1. The lowest BCUT2D eigenvalue weighted by molar-refractivity contribution is -0.118. The fourth-order valence-corrected chi connectivity index (χ4v) is 2.91. The van der Waals surface area contributed by atoms with Crippen molar-refractivity contribution in [3.63, 3.8) is 0 Å². The SMILES string of the molecule is Cc1ccc(N(C(=O)Cc2ccccc2)C(C#N)c2ccccc2)cc1. The van der Waals surface area contributed by atoms with E-state index in [1.165, 1.54) is 0 Å². The third-order valence-electron chi connectivity index (χ3n) is 4.27. The second-order valence-corrected chi connectivity index (χ2v) is 6.20. The van der Waals surface area contributed by atoms with Crippen LogP contribution in [0.25, 0.3) is 0 Å². The fourth-order valence-electron chi connectivity index (χ4n) is 2.91. The maximum Gasteiger partial charge on any atom is 0.232 e. The van der Waals surface area contributed by atoms with E-state index in [1.54, 1.807) is 4.90 Å². The fraction of sp³-hybridized carbons (Fsp3) is 0.130. The number of nitriles is 1. The van der Waals surface area contributed by atoms with Gasteiger partial charge < -0.3 is 0 Å². The van der Waals surface area contributed by atoms with Crippen molar-refractivity contribution in [1.82, 2.24) is 0 Å². The lowest BCUT2D eigenvalue weighted by atomic mass is 10.0. The van der Waals surface area contributed by atoms with Gasteiger partial charge in [-0.3, -0.25) is 9.69 Å². The lowest BCUT2D eigenvalue weighted by Crippen LogP contribution is -2.35. The summed E-state index contributed by atoms with van der Waals surface area (Å²) in [6.45, 7) is 2.00. The minimum atomic E-state index is -0.671. The van der Waals surface area contributed by atoms with Gasteiger partial charge >= 0.3 is 0 Å². The summed E-state index contributed by atoms with van der Waals surface area (Å²) in [6, 6.07) is 28.4. The molecule has 0 heterocycles. The Bertz CT molecular complexity index is 896. The standard InChI is InChI=1S/C23H20N2O/c1-18-12-14-21(15-13-18)25(22(17-24)20-10-6-3-7-11-20)23(26)16-19-8-4-2-5-9-19/h2-15,22H,16H2,1H3. The van der Waals surface area contributed by atoms with Gasteiger partial charge in [-0.2, -0.15) is 5.26 Å². The van der Waals surface area contributed by atoms with Gasteiger partial charge in [0.05, 0.1) is 12.5 Å². The molecule has 0 bridgehead atoms. The van der Waals surface area contributed by atoms with Crippen molar-refractivity contribution < 1.29 is 4.79 Å². The van der Waals surface area contributed by atoms with Crippen LogP contribution in [0.1, 0.15) is 22.7 Å². The largest absolute Gasteiger partial charge is 0.291 e. The summed E-state index contributed by atoms with van der Waals surface area (Å²) in [7, 11) is 0. The number of hydrogen-bond acceptors (Lipinski definition) is 2. The first-order valence-electron chi connectivity index (χ1n) is 8.56. The first-order chi connectivity index (χ1) is 12.7. The number of anilines is 1. The molecule has 0 aliphatic heterocycles. The van der Waals surface area contributed by atoms with E-state index >= 15 is 0 Å². The van der Waals surface area contributed by atoms with E-state index in [1.807, 2.05) is 91.9 Å². The van der Waals surface area contributed by atoms with E-state index in [4.69, 9.17) is 0 Å². The third kappa shape index (κ3) is 3.99. The summed E-state index contributed by atoms with van der Waals surface area (Å²) >= 11 is 0. The molecule has 1 unspecified atom stereocenters. The highest BCUT2D eigenvalue weighted by Crippen LogP contribution is 2.28. The van der Waals surface area contributed by atoms with E-state index in [2.05, 4.69) is 6.07 Å². The van der Waals surface area contributed by atoms with E-state index in [-0.39, 0.29) is 12.3 Å². The highest BCUT2D eigenvalue weighted by atomic mass is 16.2. The predicted octanol–water partition coefficient (Wildman–Crippen LogP) is 4.84. The van der Waals surface area contributed by atoms with Crippen molar-refractivity contribution in [3.05, 3.63) is 102 Å². The topological polar surface area (TPSA) is 44.1 Å². The average molecular weight is 340 g/mol.